The Morgan fingerprint density at radius 3 is 2.24 bits per heavy atom. The Morgan fingerprint density at radius 2 is 1.76 bits per heavy atom. The zero-order chi connectivity index (χ0) is 16.3. The van der Waals surface area contributed by atoms with Crippen LogP contribution in [0.2, 0.25) is 0 Å². The summed E-state index contributed by atoms with van der Waals surface area (Å²) in [4.78, 5) is 11.6. The Bertz CT molecular complexity index is 528. The predicted octanol–water partition coefficient (Wildman–Crippen LogP) is -1.66. The van der Waals surface area contributed by atoms with Crippen molar-refractivity contribution in [3.8, 4) is 17.2 Å². The van der Waals surface area contributed by atoms with E-state index in [1.165, 1.54) is 0 Å². The van der Waals surface area contributed by atoms with Crippen LogP contribution < -0.4 is 0 Å². The average Bonchev–Trinajstić information content (AvgIpc) is 2.49. The molecule has 0 heterocycles. The predicted molar refractivity (Wildman–Crippen MR) is 66.8 cm³/mol. The SMILES string of the molecule is COC(=O)c1cc(O)c(O)c(O)c1C(O)C(O)C(O)CO. The zero-order valence-electron chi connectivity index (χ0n) is 11.0. The third-order valence-corrected chi connectivity index (χ3v) is 2.90. The van der Waals surface area contributed by atoms with Gasteiger partial charge in [0.05, 0.1) is 19.3 Å². The molecule has 0 saturated carbocycles. The molecular weight excluding hydrogens is 288 g/mol. The fraction of sp³-hybridized carbons (Fsp3) is 0.417. The number of aliphatic hydroxyl groups excluding tert-OH is 4. The summed E-state index contributed by atoms with van der Waals surface area (Å²) in [5.41, 5.74) is -1.18. The lowest BCUT2D eigenvalue weighted by Crippen LogP contribution is -2.35. The second kappa shape index (κ2) is 6.59. The molecule has 0 radical (unpaired) electrons. The quantitative estimate of drug-likeness (QED) is 0.248. The second-order valence-electron chi connectivity index (χ2n) is 4.23. The summed E-state index contributed by atoms with van der Waals surface area (Å²) in [6.07, 6.45) is -5.76. The van der Waals surface area contributed by atoms with Crippen LogP contribution in [-0.4, -0.2) is 67.6 Å². The van der Waals surface area contributed by atoms with Crippen molar-refractivity contribution in [2.45, 2.75) is 18.3 Å². The zero-order valence-corrected chi connectivity index (χ0v) is 11.0. The first-order valence-electron chi connectivity index (χ1n) is 5.77. The van der Waals surface area contributed by atoms with E-state index in [4.69, 9.17) is 5.11 Å². The lowest BCUT2D eigenvalue weighted by atomic mass is 9.94. The molecule has 1 aromatic rings. The van der Waals surface area contributed by atoms with Gasteiger partial charge in [-0.05, 0) is 6.07 Å². The van der Waals surface area contributed by atoms with E-state index < -0.39 is 59.3 Å². The molecule has 0 aliphatic rings. The smallest absolute Gasteiger partial charge is 0.338 e. The lowest BCUT2D eigenvalue weighted by molar-refractivity contribution is -0.0784. The molecule has 0 bridgehead atoms. The largest absolute Gasteiger partial charge is 0.504 e. The molecule has 0 aliphatic carbocycles. The standard InChI is InChI=1S/C12H16O9/c1-21-12(20)4-2-5(14)8(16)10(18)7(4)11(19)9(17)6(15)3-13/h2,6,9,11,13-19H,3H2,1H3. The number of carbonyl (C=O) groups is 1. The van der Waals surface area contributed by atoms with Gasteiger partial charge >= 0.3 is 5.97 Å². The van der Waals surface area contributed by atoms with Crippen molar-refractivity contribution in [3.05, 3.63) is 17.2 Å². The van der Waals surface area contributed by atoms with Crippen LogP contribution in [0, 0.1) is 0 Å². The van der Waals surface area contributed by atoms with Gasteiger partial charge in [0.25, 0.3) is 0 Å². The third kappa shape index (κ3) is 3.16. The molecule has 0 aromatic heterocycles. The minimum atomic E-state index is -2.03. The van der Waals surface area contributed by atoms with Gasteiger partial charge < -0.3 is 40.5 Å². The summed E-state index contributed by atoms with van der Waals surface area (Å²) >= 11 is 0. The fourth-order valence-electron chi connectivity index (χ4n) is 1.73. The molecule has 21 heavy (non-hydrogen) atoms. The Labute approximate surface area is 118 Å². The number of aliphatic hydroxyl groups is 4. The van der Waals surface area contributed by atoms with Crippen LogP contribution in [0.3, 0.4) is 0 Å². The highest BCUT2D eigenvalue weighted by molar-refractivity contribution is 5.93. The maximum atomic E-state index is 11.6. The van der Waals surface area contributed by atoms with E-state index in [0.29, 0.717) is 0 Å². The molecule has 0 fully saturated rings. The van der Waals surface area contributed by atoms with Crippen LogP contribution in [0.1, 0.15) is 22.0 Å². The fourth-order valence-corrected chi connectivity index (χ4v) is 1.73. The summed E-state index contributed by atoms with van der Waals surface area (Å²) in [6.45, 7) is -0.892. The molecule has 3 atom stereocenters. The number of methoxy groups -OCH3 is 1. The number of phenolic OH excluding ortho intramolecular Hbond substituents is 3. The number of benzene rings is 1. The number of rotatable bonds is 5. The van der Waals surface area contributed by atoms with E-state index in [1.807, 2.05) is 0 Å². The van der Waals surface area contributed by atoms with E-state index in [-0.39, 0.29) is 0 Å². The molecule has 1 aromatic carbocycles. The number of ether oxygens (including phenoxy) is 1. The first-order valence-corrected chi connectivity index (χ1v) is 5.77. The van der Waals surface area contributed by atoms with Crippen molar-refractivity contribution in [2.24, 2.45) is 0 Å². The first kappa shape index (κ1) is 17.0. The van der Waals surface area contributed by atoms with Gasteiger partial charge in [-0.2, -0.15) is 0 Å². The summed E-state index contributed by atoms with van der Waals surface area (Å²) in [7, 11) is 0.998. The van der Waals surface area contributed by atoms with Crippen molar-refractivity contribution in [1.82, 2.24) is 0 Å². The highest BCUT2D eigenvalue weighted by atomic mass is 16.5. The van der Waals surface area contributed by atoms with E-state index >= 15 is 0 Å². The molecule has 0 saturated heterocycles. The van der Waals surface area contributed by atoms with Crippen LogP contribution in [0.15, 0.2) is 6.07 Å². The molecule has 0 spiro atoms. The van der Waals surface area contributed by atoms with E-state index in [2.05, 4.69) is 4.74 Å². The Morgan fingerprint density at radius 1 is 1.19 bits per heavy atom. The van der Waals surface area contributed by atoms with Crippen molar-refractivity contribution in [1.29, 1.82) is 0 Å². The molecule has 1 rings (SSSR count). The van der Waals surface area contributed by atoms with Crippen molar-refractivity contribution >= 4 is 5.97 Å². The Hall–Kier alpha value is -2.07. The molecule has 9 heteroatoms. The number of aromatic hydroxyl groups is 3. The number of carbonyl (C=O) groups excluding carboxylic acids is 1. The Kier molecular flexibility index (Phi) is 5.33. The van der Waals surface area contributed by atoms with Crippen molar-refractivity contribution < 1.29 is 45.3 Å². The monoisotopic (exact) mass is 304 g/mol. The second-order valence-corrected chi connectivity index (χ2v) is 4.23. The Balaban J connectivity index is 3.45. The molecule has 7 N–H and O–H groups in total. The van der Waals surface area contributed by atoms with Gasteiger partial charge in [0, 0.05) is 5.56 Å². The average molecular weight is 304 g/mol. The summed E-state index contributed by atoms with van der Waals surface area (Å²) in [5.74, 6) is -4.00. The highest BCUT2D eigenvalue weighted by Gasteiger charge is 2.33. The minimum absolute atomic E-state index is 0.526. The van der Waals surface area contributed by atoms with Gasteiger partial charge in [0.1, 0.15) is 18.3 Å². The van der Waals surface area contributed by atoms with Gasteiger partial charge in [-0.25, -0.2) is 4.79 Å². The lowest BCUT2D eigenvalue weighted by Gasteiger charge is -2.24. The molecule has 0 amide bonds. The minimum Gasteiger partial charge on any atom is -0.504 e. The third-order valence-electron chi connectivity index (χ3n) is 2.90. The van der Waals surface area contributed by atoms with Gasteiger partial charge in [-0.1, -0.05) is 0 Å². The van der Waals surface area contributed by atoms with Crippen molar-refractivity contribution in [3.63, 3.8) is 0 Å². The number of phenols is 3. The maximum absolute atomic E-state index is 11.6. The number of hydrogen-bond acceptors (Lipinski definition) is 9. The van der Waals surface area contributed by atoms with Crippen LogP contribution in [0.4, 0.5) is 0 Å². The van der Waals surface area contributed by atoms with Gasteiger partial charge in [0.15, 0.2) is 11.5 Å². The van der Waals surface area contributed by atoms with E-state index in [0.717, 1.165) is 13.2 Å². The summed E-state index contributed by atoms with van der Waals surface area (Å²) in [6, 6.07) is 0.720. The number of esters is 1. The normalized spacial score (nSPS) is 15.3. The molecule has 9 nitrogen and oxygen atoms in total. The van der Waals surface area contributed by atoms with Crippen LogP contribution >= 0.6 is 0 Å². The summed E-state index contributed by atoms with van der Waals surface area (Å²) < 4.78 is 4.40. The van der Waals surface area contributed by atoms with Crippen LogP contribution in [0.5, 0.6) is 17.2 Å². The van der Waals surface area contributed by atoms with Crippen molar-refractivity contribution in [2.75, 3.05) is 13.7 Å². The maximum Gasteiger partial charge on any atom is 0.338 e. The molecule has 3 unspecified atom stereocenters. The van der Waals surface area contributed by atoms with E-state index in [9.17, 15) is 35.4 Å². The molecular formula is C12H16O9. The topological polar surface area (TPSA) is 168 Å². The van der Waals surface area contributed by atoms with Crippen LogP contribution in [0.25, 0.3) is 0 Å². The van der Waals surface area contributed by atoms with E-state index in [1.54, 1.807) is 0 Å². The van der Waals surface area contributed by atoms with Gasteiger partial charge in [-0.3, -0.25) is 0 Å². The van der Waals surface area contributed by atoms with Crippen LogP contribution in [-0.2, 0) is 4.74 Å². The molecule has 0 aliphatic heterocycles. The highest BCUT2D eigenvalue weighted by Crippen LogP contribution is 2.43. The van der Waals surface area contributed by atoms with Gasteiger partial charge in [0.2, 0.25) is 5.75 Å². The first-order chi connectivity index (χ1) is 9.76. The van der Waals surface area contributed by atoms with Gasteiger partial charge in [-0.15, -0.1) is 0 Å². The molecule has 118 valence electrons. The summed E-state index contributed by atoms with van der Waals surface area (Å²) in [5, 5.41) is 66.1. The number of hydrogen-bond donors (Lipinski definition) is 7.